The molecule has 0 saturated carbocycles. The van der Waals surface area contributed by atoms with E-state index in [-0.39, 0.29) is 5.91 Å². The zero-order chi connectivity index (χ0) is 22.2. The molecule has 2 nitrogen and oxygen atoms in total. The maximum atomic E-state index is 11.8. The molecule has 31 heavy (non-hydrogen) atoms. The van der Waals surface area contributed by atoms with Gasteiger partial charge in [-0.1, -0.05) is 85.9 Å². The van der Waals surface area contributed by atoms with Gasteiger partial charge in [-0.3, -0.25) is 4.79 Å². The van der Waals surface area contributed by atoms with Crippen LogP contribution in [-0.2, 0) is 11.2 Å². The molecule has 3 heteroatoms. The summed E-state index contributed by atoms with van der Waals surface area (Å²) in [5, 5.41) is 5.05. The van der Waals surface area contributed by atoms with Crippen molar-refractivity contribution in [1.29, 1.82) is 0 Å². The zero-order valence-corrected chi connectivity index (χ0v) is 19.9. The van der Waals surface area contributed by atoms with E-state index < -0.39 is 0 Å². The van der Waals surface area contributed by atoms with Gasteiger partial charge in [0.05, 0.1) is 0 Å². The van der Waals surface area contributed by atoms with Gasteiger partial charge >= 0.3 is 0 Å². The van der Waals surface area contributed by atoms with E-state index >= 15 is 0 Å². The molecule has 168 valence electrons. The van der Waals surface area contributed by atoms with Gasteiger partial charge in [0.15, 0.2) is 0 Å². The summed E-state index contributed by atoms with van der Waals surface area (Å²) >= 11 is 1.74. The lowest BCUT2D eigenvalue weighted by Gasteiger charge is -2.02. The van der Waals surface area contributed by atoms with Gasteiger partial charge in [-0.25, -0.2) is 0 Å². The first-order valence-electron chi connectivity index (χ1n) is 11.5. The Bertz CT molecular complexity index is 720. The van der Waals surface area contributed by atoms with Crippen molar-refractivity contribution in [2.24, 2.45) is 0 Å². The third-order valence-electron chi connectivity index (χ3n) is 4.41. The van der Waals surface area contributed by atoms with Crippen molar-refractivity contribution in [2.75, 3.05) is 6.54 Å². The first kappa shape index (κ1) is 26.6. The van der Waals surface area contributed by atoms with Gasteiger partial charge < -0.3 is 5.32 Å². The maximum Gasteiger partial charge on any atom is 0.220 e. The molecule has 1 rings (SSSR count). The Morgan fingerprint density at radius 2 is 1.32 bits per heavy atom. The van der Waals surface area contributed by atoms with E-state index in [2.05, 4.69) is 96.6 Å². The fourth-order valence-electron chi connectivity index (χ4n) is 2.72. The van der Waals surface area contributed by atoms with Gasteiger partial charge in [0.25, 0.3) is 0 Å². The normalized spacial score (nSPS) is 12.7. The minimum Gasteiger partial charge on any atom is -0.356 e. The second kappa shape index (κ2) is 20.9. The van der Waals surface area contributed by atoms with E-state index in [9.17, 15) is 4.79 Å². The van der Waals surface area contributed by atoms with Gasteiger partial charge in [-0.15, -0.1) is 11.3 Å². The lowest BCUT2D eigenvalue weighted by molar-refractivity contribution is -0.120. The zero-order valence-electron chi connectivity index (χ0n) is 19.0. The Labute approximate surface area is 193 Å². The van der Waals surface area contributed by atoms with Crippen LogP contribution in [0.2, 0.25) is 0 Å². The molecule has 0 unspecified atom stereocenters. The number of hydrogen-bond donors (Lipinski definition) is 1. The molecule has 0 aliphatic heterocycles. The van der Waals surface area contributed by atoms with Crippen LogP contribution in [0.15, 0.2) is 90.4 Å². The van der Waals surface area contributed by atoms with Crippen LogP contribution in [0.4, 0.5) is 0 Å². The van der Waals surface area contributed by atoms with Crippen LogP contribution in [0.5, 0.6) is 0 Å². The maximum absolute atomic E-state index is 11.8. The number of allylic oxidation sites excluding steroid dienone is 12. The van der Waals surface area contributed by atoms with Crippen LogP contribution in [-0.4, -0.2) is 12.5 Å². The van der Waals surface area contributed by atoms with Crippen LogP contribution in [0.25, 0.3) is 0 Å². The van der Waals surface area contributed by atoms with Crippen molar-refractivity contribution >= 4 is 17.2 Å². The van der Waals surface area contributed by atoms with Crippen molar-refractivity contribution in [3.63, 3.8) is 0 Å². The molecular formula is C28H39NOS. The molecule has 1 aromatic heterocycles. The van der Waals surface area contributed by atoms with Crippen LogP contribution >= 0.6 is 11.3 Å². The summed E-state index contributed by atoms with van der Waals surface area (Å²) in [4.78, 5) is 13.1. The van der Waals surface area contributed by atoms with Gasteiger partial charge in [0.2, 0.25) is 5.91 Å². The molecule has 0 saturated heterocycles. The predicted molar refractivity (Wildman–Crippen MR) is 138 cm³/mol. The molecule has 0 aromatic carbocycles. The van der Waals surface area contributed by atoms with Crippen molar-refractivity contribution in [3.8, 4) is 0 Å². The Kier molecular flexibility index (Phi) is 17.9. The molecule has 0 atom stereocenters. The standard InChI is InChI=1S/C28H39NOS/c1-2-3-4-5-6-7-8-9-10-11-12-13-14-15-16-17-18-19-20-23-28(30)29-25-24-27-22-21-26-31-27/h3-4,6-7,9-10,12-13,15-16,18-19,21-22,26H,2,5,8,11,14,17,20,23-25H2,1H3,(H,29,30)/b4-3-,7-6-,10-9-,13-12-,16-15-,19-18-. The second-order valence-corrected chi connectivity index (χ2v) is 8.17. The van der Waals surface area contributed by atoms with Crippen molar-refractivity contribution in [2.45, 2.75) is 64.7 Å². The number of rotatable bonds is 17. The molecule has 0 spiro atoms. The summed E-state index contributed by atoms with van der Waals surface area (Å²) in [5.74, 6) is 0.135. The van der Waals surface area contributed by atoms with Crippen molar-refractivity contribution < 1.29 is 4.79 Å². The summed E-state index contributed by atoms with van der Waals surface area (Å²) in [6.07, 6.45) is 34.6. The second-order valence-electron chi connectivity index (χ2n) is 7.13. The summed E-state index contributed by atoms with van der Waals surface area (Å²) in [6, 6.07) is 4.15. The lowest BCUT2D eigenvalue weighted by atomic mass is 10.2. The molecule has 1 heterocycles. The average molecular weight is 438 g/mol. The summed E-state index contributed by atoms with van der Waals surface area (Å²) < 4.78 is 0. The molecule has 1 amide bonds. The SMILES string of the molecule is CC/C=C\C/C=C\C/C=C\C/C=C\C/C=C\C/C=C\CCC(=O)NCCc1cccs1. The van der Waals surface area contributed by atoms with Crippen LogP contribution in [0.1, 0.15) is 63.2 Å². The smallest absolute Gasteiger partial charge is 0.220 e. The summed E-state index contributed by atoms with van der Waals surface area (Å²) in [5.41, 5.74) is 0. The summed E-state index contributed by atoms with van der Waals surface area (Å²) in [6.45, 7) is 2.88. The molecule has 0 aliphatic carbocycles. The lowest BCUT2D eigenvalue weighted by Crippen LogP contribution is -2.24. The first-order chi connectivity index (χ1) is 15.3. The minimum atomic E-state index is 0.135. The van der Waals surface area contributed by atoms with E-state index in [1.54, 1.807) is 11.3 Å². The van der Waals surface area contributed by atoms with Crippen LogP contribution in [0.3, 0.4) is 0 Å². The number of hydrogen-bond acceptors (Lipinski definition) is 2. The fraction of sp³-hybridized carbons (Fsp3) is 0.393. The van der Waals surface area contributed by atoms with Crippen LogP contribution < -0.4 is 5.32 Å². The first-order valence-corrected chi connectivity index (χ1v) is 12.4. The van der Waals surface area contributed by atoms with E-state index in [1.165, 1.54) is 4.88 Å². The molecule has 0 aliphatic rings. The Morgan fingerprint density at radius 1 is 0.806 bits per heavy atom. The average Bonchev–Trinajstić information content (AvgIpc) is 3.29. The van der Waals surface area contributed by atoms with Crippen molar-refractivity contribution in [3.05, 3.63) is 95.3 Å². The monoisotopic (exact) mass is 437 g/mol. The Morgan fingerprint density at radius 3 is 1.81 bits per heavy atom. The fourth-order valence-corrected chi connectivity index (χ4v) is 3.43. The topological polar surface area (TPSA) is 29.1 Å². The predicted octanol–water partition coefficient (Wildman–Crippen LogP) is 7.88. The number of carbonyl (C=O) groups excluding carboxylic acids is 1. The van der Waals surface area contributed by atoms with Gasteiger partial charge in [0.1, 0.15) is 0 Å². The highest BCUT2D eigenvalue weighted by Gasteiger charge is 1.99. The number of thiophene rings is 1. The van der Waals surface area contributed by atoms with E-state index in [4.69, 9.17) is 0 Å². The number of carbonyl (C=O) groups is 1. The molecule has 0 fully saturated rings. The third kappa shape index (κ3) is 18.1. The highest BCUT2D eigenvalue weighted by molar-refractivity contribution is 7.09. The molecular weight excluding hydrogens is 398 g/mol. The highest BCUT2D eigenvalue weighted by Crippen LogP contribution is 2.08. The Hall–Kier alpha value is -2.39. The van der Waals surface area contributed by atoms with Crippen molar-refractivity contribution in [1.82, 2.24) is 5.32 Å². The molecule has 0 bridgehead atoms. The molecule has 0 radical (unpaired) electrons. The molecule has 1 N–H and O–H groups in total. The highest BCUT2D eigenvalue weighted by atomic mass is 32.1. The van der Waals surface area contributed by atoms with E-state index in [1.807, 2.05) is 6.07 Å². The quantitative estimate of drug-likeness (QED) is 0.247. The van der Waals surface area contributed by atoms with Gasteiger partial charge in [0, 0.05) is 17.8 Å². The summed E-state index contributed by atoms with van der Waals surface area (Å²) in [7, 11) is 0. The largest absolute Gasteiger partial charge is 0.356 e. The Balaban J connectivity index is 1.93. The van der Waals surface area contributed by atoms with Gasteiger partial charge in [-0.2, -0.15) is 0 Å². The molecule has 1 aromatic rings. The third-order valence-corrected chi connectivity index (χ3v) is 5.34. The number of amides is 1. The minimum absolute atomic E-state index is 0.135. The van der Waals surface area contributed by atoms with E-state index in [0.717, 1.165) is 57.9 Å². The van der Waals surface area contributed by atoms with E-state index in [0.29, 0.717) is 6.42 Å². The van der Waals surface area contributed by atoms with Gasteiger partial charge in [-0.05, 0) is 62.8 Å². The number of nitrogens with one attached hydrogen (secondary N) is 1. The van der Waals surface area contributed by atoms with Crippen LogP contribution in [0, 0.1) is 0 Å².